The van der Waals surface area contributed by atoms with Crippen LogP contribution in [-0.2, 0) is 6.54 Å². The first-order valence-corrected chi connectivity index (χ1v) is 16.6. The Labute approximate surface area is 276 Å². The minimum absolute atomic E-state index is 0.561. The highest BCUT2D eigenvalue weighted by molar-refractivity contribution is 7.27. The number of hydrogen-bond acceptors (Lipinski definition) is 2. The smallest absolute Gasteiger partial charge is 0.154 e. The van der Waals surface area contributed by atoms with Crippen LogP contribution in [0.3, 0.4) is 0 Å². The third kappa shape index (κ3) is 4.41. The van der Waals surface area contributed by atoms with Crippen molar-refractivity contribution < 1.29 is 0 Å². The van der Waals surface area contributed by atoms with Crippen molar-refractivity contribution in [3.05, 3.63) is 163 Å². The number of rotatable bonds is 5. The first-order valence-electron chi connectivity index (χ1n) is 15.8. The Hall–Kier alpha value is -5.84. The third-order valence-electron chi connectivity index (χ3n) is 9.14. The minimum Gasteiger partial charge on any atom is -0.309 e. The molecule has 2 aromatic heterocycles. The molecule has 0 bridgehead atoms. The molecule has 0 N–H and O–H groups in total. The van der Waals surface area contributed by atoms with Crippen LogP contribution in [0.4, 0.5) is 0 Å². The van der Waals surface area contributed by atoms with E-state index >= 15 is 0 Å². The quantitative estimate of drug-likeness (QED) is 0.136. The first kappa shape index (κ1) is 27.5. The largest absolute Gasteiger partial charge is 0.309 e. The Kier molecular flexibility index (Phi) is 6.54. The molecule has 7 aromatic carbocycles. The molecule has 0 aliphatic heterocycles. The number of benzene rings is 7. The van der Waals surface area contributed by atoms with Crippen molar-refractivity contribution in [1.82, 2.24) is 4.57 Å². The molecule has 2 heterocycles. The Morgan fingerprint density at radius 1 is 0.574 bits per heavy atom. The summed E-state index contributed by atoms with van der Waals surface area (Å²) < 4.78 is 5.08. The lowest BCUT2D eigenvalue weighted by Crippen LogP contribution is -2.00. The van der Waals surface area contributed by atoms with Gasteiger partial charge in [-0.25, -0.2) is 4.99 Å². The van der Waals surface area contributed by atoms with Crippen LogP contribution < -0.4 is 0 Å². The van der Waals surface area contributed by atoms with E-state index in [1.807, 2.05) is 29.5 Å². The summed E-state index contributed by atoms with van der Waals surface area (Å²) >= 11 is 1.91. The topological polar surface area (TPSA) is 29.6 Å². The highest BCUT2D eigenvalue weighted by atomic mass is 32.1. The number of nitrogens with zero attached hydrogens (tertiary/aromatic N) is 3. The summed E-state index contributed by atoms with van der Waals surface area (Å²) in [6.45, 7) is 4.39. The zero-order valence-electron chi connectivity index (χ0n) is 25.6. The van der Waals surface area contributed by atoms with E-state index in [1.54, 1.807) is 0 Å². The van der Waals surface area contributed by atoms with E-state index in [-0.39, 0.29) is 0 Å². The van der Waals surface area contributed by atoms with Crippen molar-refractivity contribution in [1.29, 1.82) is 0 Å². The molecule has 4 heteroatoms. The molecular formula is C43H29N3S. The Morgan fingerprint density at radius 3 is 2.00 bits per heavy atom. The summed E-state index contributed by atoms with van der Waals surface area (Å²) in [6, 6.07) is 54.1. The third-order valence-corrected chi connectivity index (χ3v) is 10.4. The minimum atomic E-state index is 0.561. The number of thiophene rings is 1. The zero-order valence-corrected chi connectivity index (χ0v) is 26.4. The monoisotopic (exact) mass is 619 g/mol. The van der Waals surface area contributed by atoms with E-state index in [9.17, 15) is 0 Å². The van der Waals surface area contributed by atoms with Crippen molar-refractivity contribution in [3.63, 3.8) is 0 Å². The molecule has 47 heavy (non-hydrogen) atoms. The first-order chi connectivity index (χ1) is 23.3. The van der Waals surface area contributed by atoms with Gasteiger partial charge in [0.25, 0.3) is 0 Å². The zero-order chi connectivity index (χ0) is 31.3. The van der Waals surface area contributed by atoms with Gasteiger partial charge in [0.2, 0.25) is 0 Å². The summed E-state index contributed by atoms with van der Waals surface area (Å²) in [7, 11) is 0. The fourth-order valence-corrected chi connectivity index (χ4v) is 8.42. The predicted molar refractivity (Wildman–Crippen MR) is 203 cm³/mol. The van der Waals surface area contributed by atoms with Gasteiger partial charge in [-0.3, -0.25) is 4.99 Å². The van der Waals surface area contributed by atoms with Crippen LogP contribution in [-0.4, -0.2) is 17.1 Å². The SMILES string of the molecule is C=NC(=NCc1ccccc1)c1ccc(-n2c3ccccc3c3c4ccccc4c4sc5c(-c6ccccc6)cccc5c4c32)cc1. The molecule has 0 aliphatic rings. The van der Waals surface area contributed by atoms with Crippen LogP contribution in [0.1, 0.15) is 11.1 Å². The molecule has 0 aliphatic carbocycles. The van der Waals surface area contributed by atoms with E-state index in [1.165, 1.54) is 63.9 Å². The molecular weight excluding hydrogens is 591 g/mol. The van der Waals surface area contributed by atoms with E-state index in [4.69, 9.17) is 4.99 Å². The summed E-state index contributed by atoms with van der Waals surface area (Å²) in [5, 5.41) is 7.70. The molecule has 0 radical (unpaired) electrons. The van der Waals surface area contributed by atoms with E-state index in [0.717, 1.165) is 16.8 Å². The van der Waals surface area contributed by atoms with Gasteiger partial charge in [0.1, 0.15) is 0 Å². The lowest BCUT2D eigenvalue weighted by atomic mass is 9.98. The normalized spacial score (nSPS) is 12.1. The average molecular weight is 620 g/mol. The number of aromatic nitrogens is 1. The van der Waals surface area contributed by atoms with E-state index < -0.39 is 0 Å². The Balaban J connectivity index is 1.33. The molecule has 0 saturated carbocycles. The number of aliphatic imine (C=N–C) groups is 2. The van der Waals surface area contributed by atoms with E-state index in [2.05, 4.69) is 150 Å². The summed E-state index contributed by atoms with van der Waals surface area (Å²) in [6.07, 6.45) is 0. The van der Waals surface area contributed by atoms with Crippen molar-refractivity contribution in [3.8, 4) is 16.8 Å². The average Bonchev–Trinajstić information content (AvgIpc) is 3.70. The predicted octanol–water partition coefficient (Wildman–Crippen LogP) is 11.6. The second-order valence-corrected chi connectivity index (χ2v) is 12.8. The molecule has 222 valence electrons. The van der Waals surface area contributed by atoms with Crippen LogP contribution in [0.2, 0.25) is 0 Å². The molecule has 0 atom stereocenters. The maximum atomic E-state index is 4.79. The standard InChI is InChI=1S/C43H29N3S/c1-44-43(45-27-28-13-4-2-5-14-28)30-23-25-31(26-24-30)46-37-22-11-10-19-35(37)38-33-17-8-9-18-34(33)42-39(40(38)46)36-21-12-20-32(41(36)47-42)29-15-6-3-7-16-29/h2-26H,1,27H2. The fourth-order valence-electron chi connectivity index (χ4n) is 7.05. The van der Waals surface area contributed by atoms with Crippen molar-refractivity contribution >= 4 is 76.6 Å². The van der Waals surface area contributed by atoms with Crippen molar-refractivity contribution in [2.75, 3.05) is 0 Å². The van der Waals surface area contributed by atoms with Crippen LogP contribution >= 0.6 is 11.3 Å². The fraction of sp³-hybridized carbons (Fsp3) is 0.0233. The van der Waals surface area contributed by atoms with Crippen LogP contribution in [0, 0.1) is 0 Å². The van der Waals surface area contributed by atoms with Gasteiger partial charge in [-0.1, -0.05) is 121 Å². The maximum absolute atomic E-state index is 4.79. The summed E-state index contributed by atoms with van der Waals surface area (Å²) in [5.74, 6) is 0.647. The molecule has 9 rings (SSSR count). The number of hydrogen-bond donors (Lipinski definition) is 0. The van der Waals surface area contributed by atoms with Crippen molar-refractivity contribution in [2.45, 2.75) is 6.54 Å². The van der Waals surface area contributed by atoms with Gasteiger partial charge >= 0.3 is 0 Å². The van der Waals surface area contributed by atoms with Crippen LogP contribution in [0.15, 0.2) is 162 Å². The molecule has 0 spiro atoms. The molecule has 0 saturated heterocycles. The molecule has 3 nitrogen and oxygen atoms in total. The van der Waals surface area contributed by atoms with Gasteiger partial charge in [-0.2, -0.15) is 0 Å². The van der Waals surface area contributed by atoms with Gasteiger partial charge in [0.15, 0.2) is 5.84 Å². The van der Waals surface area contributed by atoms with Gasteiger partial charge in [0.05, 0.1) is 17.6 Å². The van der Waals surface area contributed by atoms with Gasteiger partial charge in [0, 0.05) is 47.6 Å². The summed E-state index contributed by atoms with van der Waals surface area (Å²) in [5.41, 5.74) is 8.13. The molecule has 0 amide bonds. The molecule has 0 unspecified atom stereocenters. The summed E-state index contributed by atoms with van der Waals surface area (Å²) in [4.78, 5) is 9.09. The lowest BCUT2D eigenvalue weighted by Gasteiger charge is -2.11. The van der Waals surface area contributed by atoms with Gasteiger partial charge in [-0.15, -0.1) is 11.3 Å². The van der Waals surface area contributed by atoms with Crippen LogP contribution in [0.5, 0.6) is 0 Å². The highest BCUT2D eigenvalue weighted by Crippen LogP contribution is 2.49. The van der Waals surface area contributed by atoms with Gasteiger partial charge in [-0.05, 0) is 59.1 Å². The van der Waals surface area contributed by atoms with Crippen LogP contribution in [0.25, 0.3) is 69.6 Å². The Morgan fingerprint density at radius 2 is 1.23 bits per heavy atom. The lowest BCUT2D eigenvalue weighted by molar-refractivity contribution is 1.06. The van der Waals surface area contributed by atoms with Crippen molar-refractivity contribution in [2.24, 2.45) is 9.98 Å². The Bertz CT molecular complexity index is 2650. The number of para-hydroxylation sites is 1. The number of fused-ring (bicyclic) bond motifs is 10. The second-order valence-electron chi connectivity index (χ2n) is 11.8. The number of amidine groups is 1. The maximum Gasteiger partial charge on any atom is 0.154 e. The highest BCUT2D eigenvalue weighted by Gasteiger charge is 2.22. The van der Waals surface area contributed by atoms with Gasteiger partial charge < -0.3 is 4.57 Å². The van der Waals surface area contributed by atoms with E-state index in [0.29, 0.717) is 12.4 Å². The molecule has 0 fully saturated rings. The second kappa shape index (κ2) is 11.2. The molecule has 9 aromatic rings.